The Morgan fingerprint density at radius 2 is 1.57 bits per heavy atom. The minimum Gasteiger partial charge on any atom is -0.481 e. The summed E-state index contributed by atoms with van der Waals surface area (Å²) in [5.41, 5.74) is 3.56. The lowest BCUT2D eigenvalue weighted by molar-refractivity contribution is -0.139. The van der Waals surface area contributed by atoms with Crippen LogP contribution in [0.25, 0.3) is 0 Å². The van der Waals surface area contributed by atoms with Gasteiger partial charge in [-0.2, -0.15) is 0 Å². The third-order valence-electron chi connectivity index (χ3n) is 6.73. The monoisotopic (exact) mass is 543 g/mol. The largest absolute Gasteiger partial charge is 0.481 e. The van der Waals surface area contributed by atoms with E-state index in [2.05, 4.69) is 5.32 Å². The van der Waals surface area contributed by atoms with Crippen molar-refractivity contribution in [3.8, 4) is 0 Å². The lowest BCUT2D eigenvalue weighted by Gasteiger charge is -2.42. The summed E-state index contributed by atoms with van der Waals surface area (Å²) in [6, 6.07) is 22.5. The Morgan fingerprint density at radius 1 is 0.900 bits per heavy atom. The number of benzene rings is 3. The number of hydrogen-bond donors (Lipinski definition) is 2. The maximum Gasteiger partial charge on any atom is 0.412 e. The van der Waals surface area contributed by atoms with E-state index in [9.17, 15) is 24.3 Å². The number of hydrogen-bond acceptors (Lipinski definition) is 5. The highest BCUT2D eigenvalue weighted by molar-refractivity contribution is 5.98. The molecule has 208 valence electrons. The predicted molar refractivity (Wildman–Crippen MR) is 148 cm³/mol. The first-order chi connectivity index (χ1) is 19.2. The molecule has 9 nitrogen and oxygen atoms in total. The fourth-order valence-electron chi connectivity index (χ4n) is 4.82. The maximum absolute atomic E-state index is 13.9. The van der Waals surface area contributed by atoms with Gasteiger partial charge in [-0.1, -0.05) is 77.9 Å². The van der Waals surface area contributed by atoms with Crippen molar-refractivity contribution in [1.29, 1.82) is 0 Å². The van der Waals surface area contributed by atoms with E-state index in [1.165, 1.54) is 9.80 Å². The van der Waals surface area contributed by atoms with Crippen LogP contribution in [0.2, 0.25) is 0 Å². The van der Waals surface area contributed by atoms with Crippen LogP contribution in [0.1, 0.15) is 51.5 Å². The first-order valence-corrected chi connectivity index (χ1v) is 13.2. The molecule has 0 bridgehead atoms. The van der Waals surface area contributed by atoms with Crippen molar-refractivity contribution in [2.24, 2.45) is 0 Å². The molecule has 0 aliphatic carbocycles. The molecule has 1 aliphatic rings. The second-order valence-corrected chi connectivity index (χ2v) is 9.90. The van der Waals surface area contributed by atoms with Gasteiger partial charge in [0.1, 0.15) is 6.61 Å². The van der Waals surface area contributed by atoms with Gasteiger partial charge in [-0.25, -0.2) is 4.79 Å². The number of carboxylic acid groups (broad SMARTS) is 1. The Hall–Kier alpha value is -4.66. The van der Waals surface area contributed by atoms with Crippen molar-refractivity contribution in [2.75, 3.05) is 13.1 Å². The Morgan fingerprint density at radius 3 is 2.25 bits per heavy atom. The molecule has 4 rings (SSSR count). The molecule has 1 aliphatic heterocycles. The van der Waals surface area contributed by atoms with Gasteiger partial charge in [0.05, 0.1) is 12.5 Å². The van der Waals surface area contributed by atoms with Gasteiger partial charge in [0.25, 0.3) is 11.8 Å². The molecule has 1 fully saturated rings. The Balaban J connectivity index is 1.64. The zero-order valence-corrected chi connectivity index (χ0v) is 22.6. The standard InChI is InChI=1S/C31H33N3O6/c1-21-9-6-13-24(17-21)26(19-27(35)36)32-28(37)29-33(30(38)25-14-7-10-22(2)18-25)15-8-16-34(29)31(39)40-20-23-11-4-3-5-12-23/h3-7,9-14,17-18,26,29H,8,15-16,19-20H2,1-2H3,(H,32,37)(H,35,36). The second kappa shape index (κ2) is 12.9. The first kappa shape index (κ1) is 28.4. The lowest BCUT2D eigenvalue weighted by atomic mass is 10.0. The maximum atomic E-state index is 13.9. The number of rotatable bonds is 8. The smallest absolute Gasteiger partial charge is 0.412 e. The quantitative estimate of drug-likeness (QED) is 0.434. The van der Waals surface area contributed by atoms with E-state index >= 15 is 0 Å². The Kier molecular flexibility index (Phi) is 9.16. The molecule has 2 atom stereocenters. The highest BCUT2D eigenvalue weighted by Crippen LogP contribution is 2.24. The predicted octanol–water partition coefficient (Wildman–Crippen LogP) is 4.45. The van der Waals surface area contributed by atoms with E-state index in [4.69, 9.17) is 4.74 Å². The molecule has 2 unspecified atom stereocenters. The summed E-state index contributed by atoms with van der Waals surface area (Å²) in [7, 11) is 0. The van der Waals surface area contributed by atoms with Crippen molar-refractivity contribution in [2.45, 2.75) is 45.5 Å². The molecule has 0 aromatic heterocycles. The number of aliphatic carboxylic acids is 1. The number of amides is 3. The zero-order chi connectivity index (χ0) is 28.6. The van der Waals surface area contributed by atoms with E-state index in [1.807, 2.05) is 56.3 Å². The number of nitrogens with zero attached hydrogens (tertiary/aromatic N) is 2. The summed E-state index contributed by atoms with van der Waals surface area (Å²) in [5, 5.41) is 12.4. The van der Waals surface area contributed by atoms with Gasteiger partial charge in [-0.3, -0.25) is 19.3 Å². The van der Waals surface area contributed by atoms with Crippen LogP contribution in [0, 0.1) is 13.8 Å². The number of nitrogens with one attached hydrogen (secondary N) is 1. The molecule has 3 aromatic carbocycles. The summed E-state index contributed by atoms with van der Waals surface area (Å²) in [6.45, 7) is 4.17. The second-order valence-electron chi connectivity index (χ2n) is 9.90. The molecule has 1 heterocycles. The van der Waals surface area contributed by atoms with E-state index in [-0.39, 0.29) is 26.1 Å². The molecule has 1 saturated heterocycles. The van der Waals surface area contributed by atoms with Crippen LogP contribution in [-0.2, 0) is 20.9 Å². The average molecular weight is 544 g/mol. The van der Waals surface area contributed by atoms with Crippen LogP contribution in [-0.4, -0.2) is 58.0 Å². The number of carboxylic acids is 1. The Labute approximate surface area is 233 Å². The minimum absolute atomic E-state index is 0.00126. The molecular weight excluding hydrogens is 510 g/mol. The third kappa shape index (κ3) is 7.05. The third-order valence-corrected chi connectivity index (χ3v) is 6.73. The molecule has 0 radical (unpaired) electrons. The molecule has 9 heteroatoms. The Bertz CT molecular complexity index is 1380. The van der Waals surface area contributed by atoms with E-state index in [0.29, 0.717) is 17.5 Å². The summed E-state index contributed by atoms with van der Waals surface area (Å²) >= 11 is 0. The van der Waals surface area contributed by atoms with Gasteiger partial charge in [0, 0.05) is 18.7 Å². The van der Waals surface area contributed by atoms with Crippen LogP contribution in [0.5, 0.6) is 0 Å². The topological polar surface area (TPSA) is 116 Å². The van der Waals surface area contributed by atoms with E-state index in [0.717, 1.165) is 16.7 Å². The molecule has 40 heavy (non-hydrogen) atoms. The highest BCUT2D eigenvalue weighted by Gasteiger charge is 2.42. The van der Waals surface area contributed by atoms with Crippen molar-refractivity contribution in [3.63, 3.8) is 0 Å². The number of aryl methyl sites for hydroxylation is 2. The summed E-state index contributed by atoms with van der Waals surface area (Å²) in [6.07, 6.45) is -1.99. The van der Waals surface area contributed by atoms with Crippen molar-refractivity contribution >= 4 is 23.9 Å². The van der Waals surface area contributed by atoms with Crippen molar-refractivity contribution in [3.05, 3.63) is 107 Å². The average Bonchev–Trinajstić information content (AvgIpc) is 2.95. The van der Waals surface area contributed by atoms with Crippen LogP contribution in [0.15, 0.2) is 78.9 Å². The summed E-state index contributed by atoms with van der Waals surface area (Å²) in [5.74, 6) is -2.16. The van der Waals surface area contributed by atoms with E-state index < -0.39 is 36.1 Å². The molecule has 0 spiro atoms. The number of carbonyl (C=O) groups excluding carboxylic acids is 3. The highest BCUT2D eigenvalue weighted by atomic mass is 16.6. The molecule has 0 saturated carbocycles. The normalized spacial score (nSPS) is 15.7. The SMILES string of the molecule is Cc1cccc(C(=O)N2CCCN(C(=O)OCc3ccccc3)C2C(=O)NC(CC(=O)O)c2cccc(C)c2)c1. The van der Waals surface area contributed by atoms with Gasteiger partial charge in [0.15, 0.2) is 6.17 Å². The minimum atomic E-state index is -1.33. The summed E-state index contributed by atoms with van der Waals surface area (Å²) < 4.78 is 5.55. The fourth-order valence-corrected chi connectivity index (χ4v) is 4.82. The van der Waals surface area contributed by atoms with Gasteiger partial charge in [-0.05, 0) is 43.5 Å². The van der Waals surface area contributed by atoms with Gasteiger partial charge in [0.2, 0.25) is 0 Å². The summed E-state index contributed by atoms with van der Waals surface area (Å²) in [4.78, 5) is 55.2. The lowest BCUT2D eigenvalue weighted by Crippen LogP contribution is -2.63. The van der Waals surface area contributed by atoms with Gasteiger partial charge < -0.3 is 20.1 Å². The van der Waals surface area contributed by atoms with Gasteiger partial charge in [-0.15, -0.1) is 0 Å². The molecular formula is C31H33N3O6. The zero-order valence-electron chi connectivity index (χ0n) is 22.6. The van der Waals surface area contributed by atoms with Crippen molar-refractivity contribution in [1.82, 2.24) is 15.1 Å². The van der Waals surface area contributed by atoms with Crippen LogP contribution in [0.4, 0.5) is 4.79 Å². The first-order valence-electron chi connectivity index (χ1n) is 13.2. The molecule has 3 aromatic rings. The number of ether oxygens (including phenoxy) is 1. The molecule has 3 amide bonds. The van der Waals surface area contributed by atoms with Crippen LogP contribution >= 0.6 is 0 Å². The fraction of sp³-hybridized carbons (Fsp3) is 0.290. The molecule has 2 N–H and O–H groups in total. The van der Waals surface area contributed by atoms with Crippen LogP contribution < -0.4 is 5.32 Å². The number of carbonyl (C=O) groups is 4. The van der Waals surface area contributed by atoms with Crippen LogP contribution in [0.3, 0.4) is 0 Å². The van der Waals surface area contributed by atoms with E-state index in [1.54, 1.807) is 36.4 Å². The van der Waals surface area contributed by atoms with Gasteiger partial charge >= 0.3 is 12.1 Å². The van der Waals surface area contributed by atoms with Crippen molar-refractivity contribution < 1.29 is 29.0 Å².